The van der Waals surface area contributed by atoms with Gasteiger partial charge in [0.25, 0.3) is 10.0 Å². The van der Waals surface area contributed by atoms with Crippen molar-refractivity contribution in [3.05, 3.63) is 120 Å². The third kappa shape index (κ3) is 8.02. The van der Waals surface area contributed by atoms with Crippen LogP contribution in [0.1, 0.15) is 23.6 Å². The second-order valence-electron chi connectivity index (χ2n) is 10.6. The first-order valence-corrected chi connectivity index (χ1v) is 16.2. The van der Waals surface area contributed by atoms with Crippen molar-refractivity contribution in [2.45, 2.75) is 37.8 Å². The standard InChI is InChI=1S/C35H38FN3O6S/c1-5-37-35(41)31(21-26-11-7-6-8-12-26)38(23-27-13-9-10-14-30(27)36)34(40)24-39(28-17-15-25(2)16-18-28)46(42,43)29-19-20-32(44-3)33(22-29)45-4/h6-20,22,31H,5,21,23-24H2,1-4H3,(H,37,41)/t31-/m0/s1. The van der Waals surface area contributed by atoms with E-state index in [0.717, 1.165) is 15.4 Å². The van der Waals surface area contributed by atoms with Crippen molar-refractivity contribution in [1.29, 1.82) is 0 Å². The van der Waals surface area contributed by atoms with Gasteiger partial charge in [-0.3, -0.25) is 13.9 Å². The van der Waals surface area contributed by atoms with Gasteiger partial charge < -0.3 is 19.7 Å². The van der Waals surface area contributed by atoms with Gasteiger partial charge >= 0.3 is 0 Å². The number of ether oxygens (including phenoxy) is 2. The predicted molar refractivity (Wildman–Crippen MR) is 175 cm³/mol. The molecule has 9 nitrogen and oxygen atoms in total. The number of nitrogens with zero attached hydrogens (tertiary/aromatic N) is 2. The Kier molecular flexibility index (Phi) is 11.4. The minimum absolute atomic E-state index is 0.125. The fourth-order valence-corrected chi connectivity index (χ4v) is 6.43. The number of rotatable bonds is 14. The molecule has 11 heteroatoms. The molecule has 0 saturated carbocycles. The molecule has 0 fully saturated rings. The first-order chi connectivity index (χ1) is 22.1. The summed E-state index contributed by atoms with van der Waals surface area (Å²) < 4.78 is 55.2. The monoisotopic (exact) mass is 647 g/mol. The summed E-state index contributed by atoms with van der Waals surface area (Å²) in [5.41, 5.74) is 2.08. The van der Waals surface area contributed by atoms with Gasteiger partial charge in [0.1, 0.15) is 18.4 Å². The van der Waals surface area contributed by atoms with Crippen LogP contribution in [0, 0.1) is 12.7 Å². The van der Waals surface area contributed by atoms with Crippen molar-refractivity contribution in [3.63, 3.8) is 0 Å². The minimum atomic E-state index is -4.37. The van der Waals surface area contributed by atoms with Gasteiger partial charge in [-0.25, -0.2) is 12.8 Å². The topological polar surface area (TPSA) is 105 Å². The molecular formula is C35H38FN3O6S. The van der Waals surface area contributed by atoms with E-state index in [2.05, 4.69) is 5.32 Å². The van der Waals surface area contributed by atoms with E-state index in [1.54, 1.807) is 37.3 Å². The molecule has 0 aliphatic rings. The zero-order chi connectivity index (χ0) is 33.3. The number of nitrogens with one attached hydrogen (secondary N) is 1. The number of carbonyl (C=O) groups excluding carboxylic acids is 2. The highest BCUT2D eigenvalue weighted by Crippen LogP contribution is 2.32. The number of methoxy groups -OCH3 is 2. The summed E-state index contributed by atoms with van der Waals surface area (Å²) >= 11 is 0. The van der Waals surface area contributed by atoms with E-state index in [4.69, 9.17) is 9.47 Å². The average Bonchev–Trinajstić information content (AvgIpc) is 3.06. The number of halogens is 1. The highest BCUT2D eigenvalue weighted by Gasteiger charge is 2.35. The fraction of sp³-hybridized carbons (Fsp3) is 0.257. The summed E-state index contributed by atoms with van der Waals surface area (Å²) in [7, 11) is -1.54. The van der Waals surface area contributed by atoms with E-state index in [9.17, 15) is 22.4 Å². The van der Waals surface area contributed by atoms with Crippen LogP contribution in [-0.4, -0.2) is 58.5 Å². The SMILES string of the molecule is CCNC(=O)[C@H](Cc1ccccc1)N(Cc1ccccc1F)C(=O)CN(c1ccc(C)cc1)S(=O)(=O)c1ccc(OC)c(OC)c1. The Bertz CT molecular complexity index is 1750. The van der Waals surface area contributed by atoms with Crippen LogP contribution >= 0.6 is 0 Å². The molecule has 46 heavy (non-hydrogen) atoms. The van der Waals surface area contributed by atoms with Crippen molar-refractivity contribution in [2.24, 2.45) is 0 Å². The quantitative estimate of drug-likeness (QED) is 0.204. The van der Waals surface area contributed by atoms with E-state index < -0.39 is 40.2 Å². The molecule has 0 aliphatic carbocycles. The largest absolute Gasteiger partial charge is 0.493 e. The van der Waals surface area contributed by atoms with E-state index >= 15 is 0 Å². The lowest BCUT2D eigenvalue weighted by molar-refractivity contribution is -0.140. The number of hydrogen-bond acceptors (Lipinski definition) is 6. The number of benzene rings is 4. The average molecular weight is 648 g/mol. The summed E-state index contributed by atoms with van der Waals surface area (Å²) in [6.45, 7) is 2.99. The molecule has 0 heterocycles. The molecule has 0 spiro atoms. The second-order valence-corrected chi connectivity index (χ2v) is 12.4. The molecular weight excluding hydrogens is 609 g/mol. The van der Waals surface area contributed by atoms with Gasteiger partial charge in [0, 0.05) is 31.1 Å². The maximum atomic E-state index is 15.0. The Labute approximate surface area is 269 Å². The predicted octanol–water partition coefficient (Wildman–Crippen LogP) is 5.12. The molecule has 242 valence electrons. The van der Waals surface area contributed by atoms with Gasteiger partial charge in [-0.05, 0) is 49.7 Å². The van der Waals surface area contributed by atoms with Crippen molar-refractivity contribution in [2.75, 3.05) is 31.6 Å². The molecule has 4 aromatic carbocycles. The Balaban J connectivity index is 1.82. The number of likely N-dealkylation sites (N-methyl/N-ethyl adjacent to an activating group) is 1. The molecule has 4 rings (SSSR count). The number of aryl methyl sites for hydroxylation is 1. The summed E-state index contributed by atoms with van der Waals surface area (Å²) in [4.78, 5) is 29.1. The van der Waals surface area contributed by atoms with Crippen LogP contribution in [0.25, 0.3) is 0 Å². The summed E-state index contributed by atoms with van der Waals surface area (Å²) in [6.07, 6.45) is 0.125. The second kappa shape index (κ2) is 15.4. The first kappa shape index (κ1) is 34.0. The molecule has 0 unspecified atom stereocenters. The van der Waals surface area contributed by atoms with Crippen LogP contribution in [-0.2, 0) is 32.6 Å². The van der Waals surface area contributed by atoms with Crippen LogP contribution in [0.15, 0.2) is 102 Å². The molecule has 4 aromatic rings. The lowest BCUT2D eigenvalue weighted by atomic mass is 10.0. The maximum Gasteiger partial charge on any atom is 0.264 e. The minimum Gasteiger partial charge on any atom is -0.493 e. The summed E-state index contributed by atoms with van der Waals surface area (Å²) in [5.74, 6) is -1.16. The van der Waals surface area contributed by atoms with Gasteiger partial charge in [-0.15, -0.1) is 0 Å². The van der Waals surface area contributed by atoms with Gasteiger partial charge in [-0.2, -0.15) is 0 Å². The lowest BCUT2D eigenvalue weighted by Gasteiger charge is -2.34. The van der Waals surface area contributed by atoms with Crippen LogP contribution in [0.4, 0.5) is 10.1 Å². The number of carbonyl (C=O) groups is 2. The van der Waals surface area contributed by atoms with Gasteiger partial charge in [-0.1, -0.05) is 66.2 Å². The van der Waals surface area contributed by atoms with Crippen LogP contribution in [0.5, 0.6) is 11.5 Å². The fourth-order valence-electron chi connectivity index (χ4n) is 5.00. The Hall–Kier alpha value is -4.90. The Morgan fingerprint density at radius 1 is 0.870 bits per heavy atom. The molecule has 0 aliphatic heterocycles. The van der Waals surface area contributed by atoms with Crippen LogP contribution in [0.3, 0.4) is 0 Å². The molecule has 1 atom stereocenters. The molecule has 0 bridgehead atoms. The van der Waals surface area contributed by atoms with E-state index in [0.29, 0.717) is 12.3 Å². The lowest BCUT2D eigenvalue weighted by Crippen LogP contribution is -2.53. The van der Waals surface area contributed by atoms with Gasteiger partial charge in [0.15, 0.2) is 11.5 Å². The number of amides is 2. The molecule has 0 saturated heterocycles. The summed E-state index contributed by atoms with van der Waals surface area (Å²) in [6, 6.07) is 24.9. The highest BCUT2D eigenvalue weighted by molar-refractivity contribution is 7.92. The van der Waals surface area contributed by atoms with Crippen molar-refractivity contribution in [3.8, 4) is 11.5 Å². The normalized spacial score (nSPS) is 11.8. The van der Waals surface area contributed by atoms with E-state index in [-0.39, 0.29) is 34.9 Å². The smallest absolute Gasteiger partial charge is 0.264 e. The zero-order valence-electron chi connectivity index (χ0n) is 26.3. The number of hydrogen-bond donors (Lipinski definition) is 1. The summed E-state index contributed by atoms with van der Waals surface area (Å²) in [5, 5.41) is 2.79. The molecule has 1 N–H and O–H groups in total. The van der Waals surface area contributed by atoms with Crippen LogP contribution in [0.2, 0.25) is 0 Å². The van der Waals surface area contributed by atoms with Gasteiger partial charge in [0.05, 0.1) is 24.8 Å². The van der Waals surface area contributed by atoms with Crippen LogP contribution < -0.4 is 19.1 Å². The molecule has 0 radical (unpaired) electrons. The van der Waals surface area contributed by atoms with Crippen molar-refractivity contribution >= 4 is 27.5 Å². The first-order valence-electron chi connectivity index (χ1n) is 14.7. The Morgan fingerprint density at radius 3 is 2.15 bits per heavy atom. The number of anilines is 1. The van der Waals surface area contributed by atoms with E-state index in [1.807, 2.05) is 37.3 Å². The molecule has 2 amide bonds. The van der Waals surface area contributed by atoms with Gasteiger partial charge in [0.2, 0.25) is 11.8 Å². The third-order valence-electron chi connectivity index (χ3n) is 7.46. The highest BCUT2D eigenvalue weighted by atomic mass is 32.2. The number of sulfonamides is 1. The maximum absolute atomic E-state index is 15.0. The van der Waals surface area contributed by atoms with Crippen molar-refractivity contribution in [1.82, 2.24) is 10.2 Å². The third-order valence-corrected chi connectivity index (χ3v) is 9.23. The Morgan fingerprint density at radius 2 is 1.52 bits per heavy atom. The van der Waals surface area contributed by atoms with E-state index in [1.165, 1.54) is 55.5 Å². The molecule has 0 aromatic heterocycles. The zero-order valence-corrected chi connectivity index (χ0v) is 27.1. The van der Waals surface area contributed by atoms with Crippen molar-refractivity contribution < 1.29 is 31.9 Å².